The number of ether oxygens (including phenoxy) is 1. The molecule has 1 amide bonds. The Morgan fingerprint density at radius 2 is 1.43 bits per heavy atom. The molecule has 1 heterocycles. The Balaban J connectivity index is 1.29. The summed E-state index contributed by atoms with van der Waals surface area (Å²) in [6.45, 7) is 0.741. The fourth-order valence-corrected chi connectivity index (χ4v) is 3.88. The van der Waals surface area contributed by atoms with Crippen LogP contribution in [-0.4, -0.2) is 21.9 Å². The third-order valence-corrected chi connectivity index (χ3v) is 5.77. The number of hydrogen-bond donors (Lipinski definition) is 1. The molecule has 0 spiro atoms. The standard InChI is InChI=1S/C30H24N4O3/c35-29(32-31-19-22-15-17-25(18-16-22)37-21-24-11-5-2-6-12-24)28-26-13-7-8-14-27(26)30(36)34(33-28)20-23-9-3-1-4-10-23/h1-19H,20-21H2,(H,32,35). The van der Waals surface area contributed by atoms with Crippen molar-refractivity contribution in [2.24, 2.45) is 5.10 Å². The summed E-state index contributed by atoms with van der Waals surface area (Å²) in [5.74, 6) is 0.235. The highest BCUT2D eigenvalue weighted by atomic mass is 16.5. The van der Waals surface area contributed by atoms with Crippen LogP contribution in [0.5, 0.6) is 5.75 Å². The van der Waals surface area contributed by atoms with Crippen molar-refractivity contribution < 1.29 is 9.53 Å². The summed E-state index contributed by atoms with van der Waals surface area (Å²) >= 11 is 0. The lowest BCUT2D eigenvalue weighted by Gasteiger charge is -2.10. The minimum atomic E-state index is -0.503. The van der Waals surface area contributed by atoms with Crippen molar-refractivity contribution in [2.45, 2.75) is 13.2 Å². The quantitative estimate of drug-likeness (QED) is 0.251. The van der Waals surface area contributed by atoms with Crippen LogP contribution in [0.2, 0.25) is 0 Å². The minimum Gasteiger partial charge on any atom is -0.489 e. The number of nitrogens with zero attached hydrogens (tertiary/aromatic N) is 3. The fraction of sp³-hybridized carbons (Fsp3) is 0.0667. The summed E-state index contributed by atoms with van der Waals surface area (Å²) in [7, 11) is 0. The van der Waals surface area contributed by atoms with Crippen LogP contribution in [0.15, 0.2) is 119 Å². The van der Waals surface area contributed by atoms with Gasteiger partial charge in [0.1, 0.15) is 12.4 Å². The Kier molecular flexibility index (Phi) is 7.13. The molecule has 5 aromatic rings. The van der Waals surface area contributed by atoms with Gasteiger partial charge >= 0.3 is 0 Å². The largest absolute Gasteiger partial charge is 0.489 e. The van der Waals surface area contributed by atoms with Crippen LogP contribution in [0.4, 0.5) is 0 Å². The number of hydrazone groups is 1. The van der Waals surface area contributed by atoms with Crippen molar-refractivity contribution in [2.75, 3.05) is 0 Å². The third kappa shape index (κ3) is 5.79. The summed E-state index contributed by atoms with van der Waals surface area (Å²) in [5.41, 5.74) is 5.20. The van der Waals surface area contributed by atoms with Gasteiger partial charge in [0.15, 0.2) is 5.69 Å². The number of aromatic nitrogens is 2. The molecule has 0 aliphatic heterocycles. The van der Waals surface area contributed by atoms with E-state index in [-0.39, 0.29) is 17.8 Å². The molecule has 0 radical (unpaired) electrons. The zero-order valence-electron chi connectivity index (χ0n) is 20.0. The van der Waals surface area contributed by atoms with E-state index in [1.54, 1.807) is 30.5 Å². The second-order valence-electron chi connectivity index (χ2n) is 8.39. The van der Waals surface area contributed by atoms with Crippen molar-refractivity contribution >= 4 is 22.9 Å². The molecule has 37 heavy (non-hydrogen) atoms. The molecule has 0 saturated heterocycles. The van der Waals surface area contributed by atoms with Gasteiger partial charge in [-0.2, -0.15) is 10.2 Å². The van der Waals surface area contributed by atoms with Crippen molar-refractivity contribution in [1.82, 2.24) is 15.2 Å². The first-order chi connectivity index (χ1) is 18.2. The Labute approximate surface area is 213 Å². The average Bonchev–Trinajstić information content (AvgIpc) is 2.95. The molecule has 1 aromatic heterocycles. The summed E-state index contributed by atoms with van der Waals surface area (Å²) in [6, 6.07) is 33.8. The predicted molar refractivity (Wildman–Crippen MR) is 144 cm³/mol. The number of benzene rings is 4. The van der Waals surface area contributed by atoms with E-state index in [1.165, 1.54) is 4.68 Å². The van der Waals surface area contributed by atoms with Crippen molar-refractivity contribution in [3.05, 3.63) is 142 Å². The van der Waals surface area contributed by atoms with Gasteiger partial charge in [0, 0.05) is 5.39 Å². The maximum absolute atomic E-state index is 13.0. The summed E-state index contributed by atoms with van der Waals surface area (Å²) < 4.78 is 7.11. The van der Waals surface area contributed by atoms with E-state index in [0.717, 1.165) is 22.4 Å². The van der Waals surface area contributed by atoms with Gasteiger partial charge in [-0.05, 0) is 47.0 Å². The minimum absolute atomic E-state index is 0.132. The SMILES string of the molecule is O=C(NN=Cc1ccc(OCc2ccccc2)cc1)c1nn(Cc2ccccc2)c(=O)c2ccccc12. The van der Waals surface area contributed by atoms with E-state index in [2.05, 4.69) is 15.6 Å². The van der Waals surface area contributed by atoms with Crippen LogP contribution >= 0.6 is 0 Å². The molecule has 0 atom stereocenters. The van der Waals surface area contributed by atoms with Gasteiger partial charge in [-0.15, -0.1) is 0 Å². The van der Waals surface area contributed by atoms with E-state index in [4.69, 9.17) is 4.74 Å². The lowest BCUT2D eigenvalue weighted by atomic mass is 10.1. The van der Waals surface area contributed by atoms with Crippen LogP contribution in [0, 0.1) is 0 Å². The molecule has 0 bridgehead atoms. The molecule has 7 nitrogen and oxygen atoms in total. The van der Waals surface area contributed by atoms with Gasteiger partial charge in [0.2, 0.25) is 0 Å². The molecule has 0 aliphatic rings. The maximum Gasteiger partial charge on any atom is 0.292 e. The average molecular weight is 489 g/mol. The first-order valence-corrected chi connectivity index (χ1v) is 11.8. The molecule has 0 fully saturated rings. The molecule has 0 unspecified atom stereocenters. The normalized spacial score (nSPS) is 11.0. The molecule has 1 N–H and O–H groups in total. The van der Waals surface area contributed by atoms with Crippen LogP contribution in [0.3, 0.4) is 0 Å². The highest BCUT2D eigenvalue weighted by molar-refractivity contribution is 6.05. The number of carbonyl (C=O) groups is 1. The molecule has 7 heteroatoms. The molecular formula is C30H24N4O3. The molecule has 4 aromatic carbocycles. The third-order valence-electron chi connectivity index (χ3n) is 5.77. The number of fused-ring (bicyclic) bond motifs is 1. The van der Waals surface area contributed by atoms with Crippen molar-refractivity contribution in [3.8, 4) is 5.75 Å². The molecular weight excluding hydrogens is 464 g/mol. The number of carbonyl (C=O) groups excluding carboxylic acids is 1. The zero-order valence-corrected chi connectivity index (χ0v) is 20.0. The van der Waals surface area contributed by atoms with Gasteiger partial charge in [0.05, 0.1) is 18.1 Å². The fourth-order valence-electron chi connectivity index (χ4n) is 3.88. The van der Waals surface area contributed by atoms with Gasteiger partial charge < -0.3 is 4.74 Å². The number of hydrogen-bond acceptors (Lipinski definition) is 5. The van der Waals surface area contributed by atoms with E-state index in [1.807, 2.05) is 84.9 Å². The topological polar surface area (TPSA) is 85.6 Å². The molecule has 182 valence electrons. The lowest BCUT2D eigenvalue weighted by molar-refractivity contribution is 0.0949. The van der Waals surface area contributed by atoms with Gasteiger partial charge in [-0.1, -0.05) is 78.9 Å². The first-order valence-electron chi connectivity index (χ1n) is 11.8. The monoisotopic (exact) mass is 488 g/mol. The summed E-state index contributed by atoms with van der Waals surface area (Å²) in [5, 5.41) is 9.37. The zero-order chi connectivity index (χ0) is 25.5. The summed E-state index contributed by atoms with van der Waals surface area (Å²) in [4.78, 5) is 26.0. The number of rotatable bonds is 8. The Hall–Kier alpha value is -5.04. The molecule has 0 saturated carbocycles. The number of nitrogens with one attached hydrogen (secondary N) is 1. The van der Waals surface area contributed by atoms with Crippen LogP contribution in [-0.2, 0) is 13.2 Å². The van der Waals surface area contributed by atoms with E-state index in [0.29, 0.717) is 17.4 Å². The van der Waals surface area contributed by atoms with Gasteiger partial charge in [0.25, 0.3) is 11.5 Å². The second-order valence-corrected chi connectivity index (χ2v) is 8.39. The second kappa shape index (κ2) is 11.1. The van der Waals surface area contributed by atoms with Gasteiger partial charge in [-0.25, -0.2) is 10.1 Å². The predicted octanol–water partition coefficient (Wildman–Crippen LogP) is 4.79. The Bertz CT molecular complexity index is 1600. The van der Waals surface area contributed by atoms with Crippen molar-refractivity contribution in [3.63, 3.8) is 0 Å². The Morgan fingerprint density at radius 3 is 2.14 bits per heavy atom. The maximum atomic E-state index is 13.0. The van der Waals surface area contributed by atoms with Crippen LogP contribution in [0.25, 0.3) is 10.8 Å². The smallest absolute Gasteiger partial charge is 0.292 e. The van der Waals surface area contributed by atoms with Crippen molar-refractivity contribution in [1.29, 1.82) is 0 Å². The molecule has 5 rings (SSSR count). The lowest BCUT2D eigenvalue weighted by Crippen LogP contribution is -2.29. The van der Waals surface area contributed by atoms with E-state index in [9.17, 15) is 9.59 Å². The van der Waals surface area contributed by atoms with Crippen LogP contribution < -0.4 is 15.7 Å². The number of amides is 1. The van der Waals surface area contributed by atoms with Crippen LogP contribution in [0.1, 0.15) is 27.2 Å². The Morgan fingerprint density at radius 1 is 0.811 bits per heavy atom. The highest BCUT2D eigenvalue weighted by Gasteiger charge is 2.16. The first kappa shape index (κ1) is 23.7. The highest BCUT2D eigenvalue weighted by Crippen LogP contribution is 2.15. The summed E-state index contributed by atoms with van der Waals surface area (Å²) in [6.07, 6.45) is 1.54. The van der Waals surface area contributed by atoms with E-state index < -0.39 is 5.91 Å². The van der Waals surface area contributed by atoms with E-state index >= 15 is 0 Å². The van der Waals surface area contributed by atoms with Gasteiger partial charge in [-0.3, -0.25) is 9.59 Å². The molecule has 0 aliphatic carbocycles.